The molecule has 1 aromatic carbocycles. The number of likely N-dealkylation sites (tertiary alicyclic amines) is 1. The molecule has 4 heteroatoms. The molecule has 0 spiro atoms. The lowest BCUT2D eigenvalue weighted by Crippen LogP contribution is -2.45. The van der Waals surface area contributed by atoms with E-state index in [2.05, 4.69) is 54.4 Å². The summed E-state index contributed by atoms with van der Waals surface area (Å²) in [5, 5.41) is 3.19. The summed E-state index contributed by atoms with van der Waals surface area (Å²) in [7, 11) is 0. The van der Waals surface area contributed by atoms with E-state index < -0.39 is 0 Å². The summed E-state index contributed by atoms with van der Waals surface area (Å²) in [6, 6.07) is 10.8. The summed E-state index contributed by atoms with van der Waals surface area (Å²) < 4.78 is 5.57. The lowest BCUT2D eigenvalue weighted by Gasteiger charge is -2.24. The largest absolute Gasteiger partial charge is 0.368 e. The van der Waals surface area contributed by atoms with Crippen LogP contribution in [0.3, 0.4) is 0 Å². The SMILES string of the molecule is C[C@@H]1CCO[C@@H]1C(=O)N[C@@H](C)[C@H]1CCN(Cc2ccccc2)C1. The molecule has 0 unspecified atom stereocenters. The van der Waals surface area contributed by atoms with E-state index in [-0.39, 0.29) is 18.1 Å². The first kappa shape index (κ1) is 16.5. The first-order valence-electron chi connectivity index (χ1n) is 8.81. The number of nitrogens with zero attached hydrogens (tertiary/aromatic N) is 1. The van der Waals surface area contributed by atoms with Crippen molar-refractivity contribution < 1.29 is 9.53 Å². The molecule has 2 fully saturated rings. The van der Waals surface area contributed by atoms with Gasteiger partial charge in [0.15, 0.2) is 0 Å². The van der Waals surface area contributed by atoms with Crippen LogP contribution in [0.4, 0.5) is 0 Å². The molecule has 2 aliphatic heterocycles. The molecule has 126 valence electrons. The topological polar surface area (TPSA) is 41.6 Å². The lowest BCUT2D eigenvalue weighted by atomic mass is 9.99. The van der Waals surface area contributed by atoms with Crippen molar-refractivity contribution >= 4 is 5.91 Å². The van der Waals surface area contributed by atoms with Gasteiger partial charge in [-0.3, -0.25) is 9.69 Å². The predicted molar refractivity (Wildman–Crippen MR) is 91.0 cm³/mol. The van der Waals surface area contributed by atoms with Crippen LogP contribution in [0.15, 0.2) is 30.3 Å². The van der Waals surface area contributed by atoms with Crippen molar-refractivity contribution in [3.63, 3.8) is 0 Å². The second-order valence-electron chi connectivity index (χ2n) is 7.12. The Balaban J connectivity index is 1.47. The van der Waals surface area contributed by atoms with E-state index in [9.17, 15) is 4.79 Å². The van der Waals surface area contributed by atoms with Gasteiger partial charge in [-0.2, -0.15) is 0 Å². The van der Waals surface area contributed by atoms with E-state index in [4.69, 9.17) is 4.74 Å². The number of hydrogen-bond donors (Lipinski definition) is 1. The van der Waals surface area contributed by atoms with Crippen LogP contribution in [0.1, 0.15) is 32.3 Å². The molecule has 2 aliphatic rings. The van der Waals surface area contributed by atoms with Gasteiger partial charge in [0.1, 0.15) is 6.10 Å². The maximum Gasteiger partial charge on any atom is 0.249 e. The van der Waals surface area contributed by atoms with E-state index in [1.165, 1.54) is 5.56 Å². The van der Waals surface area contributed by atoms with Crippen LogP contribution in [0, 0.1) is 11.8 Å². The number of rotatable bonds is 5. The second kappa shape index (κ2) is 7.45. The highest BCUT2D eigenvalue weighted by atomic mass is 16.5. The molecule has 23 heavy (non-hydrogen) atoms. The van der Waals surface area contributed by atoms with Gasteiger partial charge in [-0.15, -0.1) is 0 Å². The zero-order chi connectivity index (χ0) is 16.2. The van der Waals surface area contributed by atoms with E-state index >= 15 is 0 Å². The highest BCUT2D eigenvalue weighted by Crippen LogP contribution is 2.23. The van der Waals surface area contributed by atoms with Gasteiger partial charge in [-0.05, 0) is 43.7 Å². The number of amides is 1. The van der Waals surface area contributed by atoms with Crippen molar-refractivity contribution in [2.45, 2.75) is 45.4 Å². The molecule has 4 nitrogen and oxygen atoms in total. The second-order valence-corrected chi connectivity index (χ2v) is 7.12. The lowest BCUT2D eigenvalue weighted by molar-refractivity contribution is -0.132. The molecule has 1 aromatic rings. The van der Waals surface area contributed by atoms with Gasteiger partial charge < -0.3 is 10.1 Å². The maximum atomic E-state index is 12.3. The Kier molecular flexibility index (Phi) is 5.34. The van der Waals surface area contributed by atoms with E-state index in [1.807, 2.05) is 0 Å². The minimum absolute atomic E-state index is 0.0732. The molecule has 1 amide bonds. The molecule has 1 N–H and O–H groups in total. The molecule has 4 atom stereocenters. The molecular formula is C19H28N2O2. The van der Waals surface area contributed by atoms with Gasteiger partial charge in [0.2, 0.25) is 5.91 Å². The molecular weight excluding hydrogens is 288 g/mol. The Labute approximate surface area is 139 Å². The van der Waals surface area contributed by atoms with Crippen LogP contribution in [0.5, 0.6) is 0 Å². The number of nitrogens with one attached hydrogen (secondary N) is 1. The standard InChI is InChI=1S/C19H28N2O2/c1-14-9-11-23-18(14)19(22)20-15(2)17-8-10-21(13-17)12-16-6-4-3-5-7-16/h3-7,14-15,17-18H,8-13H2,1-2H3,(H,20,22)/t14-,15+,17+,18+/m1/s1. The van der Waals surface area contributed by atoms with Crippen LogP contribution >= 0.6 is 0 Å². The van der Waals surface area contributed by atoms with Crippen molar-refractivity contribution in [1.82, 2.24) is 10.2 Å². The highest BCUT2D eigenvalue weighted by Gasteiger charge is 2.34. The fourth-order valence-corrected chi connectivity index (χ4v) is 3.71. The fourth-order valence-electron chi connectivity index (χ4n) is 3.71. The smallest absolute Gasteiger partial charge is 0.249 e. The summed E-state index contributed by atoms with van der Waals surface area (Å²) in [5.74, 6) is 0.934. The summed E-state index contributed by atoms with van der Waals surface area (Å²) in [6.45, 7) is 8.10. The Hall–Kier alpha value is -1.39. The summed E-state index contributed by atoms with van der Waals surface area (Å²) >= 11 is 0. The number of ether oxygens (including phenoxy) is 1. The van der Waals surface area contributed by atoms with Crippen molar-refractivity contribution in [1.29, 1.82) is 0 Å². The number of carbonyl (C=O) groups is 1. The van der Waals surface area contributed by atoms with Crippen molar-refractivity contribution in [3.05, 3.63) is 35.9 Å². The summed E-state index contributed by atoms with van der Waals surface area (Å²) in [5.41, 5.74) is 1.36. The Morgan fingerprint density at radius 2 is 2.13 bits per heavy atom. The van der Waals surface area contributed by atoms with Crippen LogP contribution in [0.2, 0.25) is 0 Å². The average Bonchev–Trinajstić information content (AvgIpc) is 3.17. The van der Waals surface area contributed by atoms with E-state index in [0.29, 0.717) is 18.4 Å². The number of carbonyl (C=O) groups excluding carboxylic acids is 1. The van der Waals surface area contributed by atoms with Crippen LogP contribution in [-0.2, 0) is 16.1 Å². The third kappa shape index (κ3) is 4.12. The third-order valence-corrected chi connectivity index (χ3v) is 5.28. The van der Waals surface area contributed by atoms with Gasteiger partial charge in [-0.25, -0.2) is 0 Å². The van der Waals surface area contributed by atoms with Gasteiger partial charge in [0.25, 0.3) is 0 Å². The quantitative estimate of drug-likeness (QED) is 0.907. The van der Waals surface area contributed by atoms with Gasteiger partial charge in [0, 0.05) is 25.7 Å². The minimum Gasteiger partial charge on any atom is -0.368 e. The molecule has 0 radical (unpaired) electrons. The van der Waals surface area contributed by atoms with Crippen molar-refractivity contribution in [3.8, 4) is 0 Å². The van der Waals surface area contributed by atoms with Gasteiger partial charge in [0.05, 0.1) is 0 Å². The first-order chi connectivity index (χ1) is 11.1. The summed E-state index contributed by atoms with van der Waals surface area (Å²) in [4.78, 5) is 14.8. The molecule has 0 bridgehead atoms. The number of benzene rings is 1. The molecule has 3 rings (SSSR count). The number of hydrogen-bond acceptors (Lipinski definition) is 3. The molecule has 0 aromatic heterocycles. The third-order valence-electron chi connectivity index (χ3n) is 5.28. The Bertz CT molecular complexity index is 519. The van der Waals surface area contributed by atoms with Gasteiger partial charge in [-0.1, -0.05) is 37.3 Å². The first-order valence-corrected chi connectivity index (χ1v) is 8.81. The van der Waals surface area contributed by atoms with E-state index in [0.717, 1.165) is 32.5 Å². The maximum absolute atomic E-state index is 12.3. The molecule has 0 saturated carbocycles. The monoisotopic (exact) mass is 316 g/mol. The normalized spacial score (nSPS) is 29.6. The van der Waals surface area contributed by atoms with E-state index in [1.54, 1.807) is 0 Å². The average molecular weight is 316 g/mol. The predicted octanol–water partition coefficient (Wildman–Crippen LogP) is 2.44. The zero-order valence-electron chi connectivity index (χ0n) is 14.2. The molecule has 2 saturated heterocycles. The minimum atomic E-state index is -0.251. The zero-order valence-corrected chi connectivity index (χ0v) is 14.2. The van der Waals surface area contributed by atoms with Gasteiger partial charge >= 0.3 is 0 Å². The fraction of sp³-hybridized carbons (Fsp3) is 0.632. The molecule has 0 aliphatic carbocycles. The highest BCUT2D eigenvalue weighted by molar-refractivity contribution is 5.81. The van der Waals surface area contributed by atoms with Crippen molar-refractivity contribution in [2.75, 3.05) is 19.7 Å². The van der Waals surface area contributed by atoms with Crippen LogP contribution in [-0.4, -0.2) is 42.6 Å². The van der Waals surface area contributed by atoms with Crippen LogP contribution < -0.4 is 5.32 Å². The Morgan fingerprint density at radius 1 is 1.35 bits per heavy atom. The van der Waals surface area contributed by atoms with Crippen LogP contribution in [0.25, 0.3) is 0 Å². The van der Waals surface area contributed by atoms with Crippen molar-refractivity contribution in [2.24, 2.45) is 11.8 Å². The Morgan fingerprint density at radius 3 is 2.83 bits per heavy atom. The molecule has 2 heterocycles. The summed E-state index contributed by atoms with van der Waals surface area (Å²) in [6.07, 6.45) is 1.88.